The largest absolute Gasteiger partial charge is 0.496 e. The molecular formula is C13H18N2O6. The predicted molar refractivity (Wildman–Crippen MR) is 74.5 cm³/mol. The van der Waals surface area contributed by atoms with Crippen LogP contribution in [0.1, 0.15) is 10.4 Å². The van der Waals surface area contributed by atoms with Gasteiger partial charge in [-0.2, -0.15) is 0 Å². The number of nitrogens with zero attached hydrogens (tertiary/aromatic N) is 2. The molecule has 0 bridgehead atoms. The van der Waals surface area contributed by atoms with Crippen LogP contribution in [-0.4, -0.2) is 61.4 Å². The van der Waals surface area contributed by atoms with Gasteiger partial charge in [-0.05, 0) is 6.07 Å². The maximum absolute atomic E-state index is 12.5. The molecule has 21 heavy (non-hydrogen) atoms. The second kappa shape index (κ2) is 8.18. The zero-order chi connectivity index (χ0) is 15.8. The van der Waals surface area contributed by atoms with Crippen LogP contribution < -0.4 is 4.74 Å². The topological polar surface area (TPSA) is 102 Å². The number of nitro benzene ring substituents is 1. The molecule has 8 nitrogen and oxygen atoms in total. The second-order valence-electron chi connectivity index (χ2n) is 4.12. The first kappa shape index (κ1) is 16.9. The Balaban J connectivity index is 3.21. The molecule has 1 aromatic rings. The molecule has 0 radical (unpaired) electrons. The van der Waals surface area contributed by atoms with Gasteiger partial charge in [0.15, 0.2) is 5.56 Å². The van der Waals surface area contributed by atoms with E-state index in [4.69, 9.17) is 14.6 Å². The first-order chi connectivity index (χ1) is 10.1. The van der Waals surface area contributed by atoms with Crippen molar-refractivity contribution in [3.05, 3.63) is 33.9 Å². The normalized spacial score (nSPS) is 10.2. The number of carbonyl (C=O) groups excluding carboxylic acids is 1. The van der Waals surface area contributed by atoms with E-state index < -0.39 is 10.8 Å². The number of benzene rings is 1. The highest BCUT2D eigenvalue weighted by Crippen LogP contribution is 2.29. The van der Waals surface area contributed by atoms with Gasteiger partial charge < -0.3 is 19.5 Å². The fourth-order valence-electron chi connectivity index (χ4n) is 1.85. The third-order valence-corrected chi connectivity index (χ3v) is 2.86. The maximum atomic E-state index is 12.5. The summed E-state index contributed by atoms with van der Waals surface area (Å²) >= 11 is 0. The molecule has 0 spiro atoms. The van der Waals surface area contributed by atoms with E-state index in [0.29, 0.717) is 0 Å². The molecule has 0 aliphatic carbocycles. The van der Waals surface area contributed by atoms with E-state index >= 15 is 0 Å². The number of methoxy groups -OCH3 is 2. The van der Waals surface area contributed by atoms with Crippen molar-refractivity contribution in [2.24, 2.45) is 0 Å². The van der Waals surface area contributed by atoms with Crippen molar-refractivity contribution < 1.29 is 24.3 Å². The SMILES string of the molecule is COCCN(CCO)C(=O)c1c(OC)cccc1[N+](=O)[O-]. The zero-order valence-electron chi connectivity index (χ0n) is 11.9. The standard InChI is InChI=1S/C13H18N2O6/c1-20-9-7-14(6-8-16)13(17)12-10(15(18)19)4-3-5-11(12)21-2/h3-5,16H,6-9H2,1-2H3. The van der Waals surface area contributed by atoms with Gasteiger partial charge in [0.1, 0.15) is 5.75 Å². The Morgan fingerprint density at radius 1 is 1.38 bits per heavy atom. The van der Waals surface area contributed by atoms with Crippen molar-refractivity contribution in [3.8, 4) is 5.75 Å². The number of nitro groups is 1. The summed E-state index contributed by atoms with van der Waals surface area (Å²) in [5.74, 6) is -0.459. The molecule has 0 aliphatic heterocycles. The summed E-state index contributed by atoms with van der Waals surface area (Å²) in [5.41, 5.74) is -0.464. The van der Waals surface area contributed by atoms with E-state index in [0.717, 1.165) is 0 Å². The fraction of sp³-hybridized carbons (Fsp3) is 0.462. The minimum Gasteiger partial charge on any atom is -0.496 e. The lowest BCUT2D eigenvalue weighted by Gasteiger charge is -2.22. The Kier molecular flexibility index (Phi) is 6.57. The van der Waals surface area contributed by atoms with Crippen molar-refractivity contribution in [2.75, 3.05) is 40.5 Å². The Morgan fingerprint density at radius 3 is 2.62 bits per heavy atom. The van der Waals surface area contributed by atoms with E-state index in [1.54, 1.807) is 0 Å². The summed E-state index contributed by atoms with van der Waals surface area (Å²) in [6, 6.07) is 4.16. The molecule has 0 saturated heterocycles. The van der Waals surface area contributed by atoms with Gasteiger partial charge in [0.2, 0.25) is 0 Å². The van der Waals surface area contributed by atoms with Crippen molar-refractivity contribution in [3.63, 3.8) is 0 Å². The number of amides is 1. The molecule has 0 saturated carbocycles. The highest BCUT2D eigenvalue weighted by Gasteiger charge is 2.28. The molecule has 1 amide bonds. The lowest BCUT2D eigenvalue weighted by atomic mass is 10.1. The zero-order valence-corrected chi connectivity index (χ0v) is 11.9. The Hall–Kier alpha value is -2.19. The van der Waals surface area contributed by atoms with Crippen LogP contribution in [-0.2, 0) is 4.74 Å². The van der Waals surface area contributed by atoms with Crippen LogP contribution in [0, 0.1) is 10.1 Å². The van der Waals surface area contributed by atoms with Gasteiger partial charge in [-0.1, -0.05) is 6.07 Å². The highest BCUT2D eigenvalue weighted by molar-refractivity contribution is 6.01. The highest BCUT2D eigenvalue weighted by atomic mass is 16.6. The lowest BCUT2D eigenvalue weighted by Crippen LogP contribution is -2.36. The van der Waals surface area contributed by atoms with Crippen molar-refractivity contribution in [2.45, 2.75) is 0 Å². The van der Waals surface area contributed by atoms with Gasteiger partial charge in [0, 0.05) is 26.3 Å². The molecule has 0 unspecified atom stereocenters. The number of hydrogen-bond acceptors (Lipinski definition) is 6. The van der Waals surface area contributed by atoms with Gasteiger partial charge in [-0.3, -0.25) is 14.9 Å². The van der Waals surface area contributed by atoms with E-state index in [-0.39, 0.29) is 43.3 Å². The smallest absolute Gasteiger partial charge is 0.285 e. The summed E-state index contributed by atoms with van der Waals surface area (Å²) in [5, 5.41) is 20.1. The third-order valence-electron chi connectivity index (χ3n) is 2.86. The summed E-state index contributed by atoms with van der Waals surface area (Å²) in [4.78, 5) is 24.3. The number of carbonyl (C=O) groups is 1. The summed E-state index contributed by atoms with van der Waals surface area (Å²) < 4.78 is 9.94. The lowest BCUT2D eigenvalue weighted by molar-refractivity contribution is -0.385. The Labute approximate surface area is 122 Å². The molecule has 8 heteroatoms. The summed E-state index contributed by atoms with van der Waals surface area (Å²) in [6.07, 6.45) is 0. The molecule has 0 fully saturated rings. The van der Waals surface area contributed by atoms with Crippen LogP contribution in [0.2, 0.25) is 0 Å². The number of hydrogen-bond donors (Lipinski definition) is 1. The van der Waals surface area contributed by atoms with Gasteiger partial charge >= 0.3 is 0 Å². The molecular weight excluding hydrogens is 280 g/mol. The van der Waals surface area contributed by atoms with Gasteiger partial charge in [0.05, 0.1) is 25.2 Å². The van der Waals surface area contributed by atoms with Crippen LogP contribution in [0.15, 0.2) is 18.2 Å². The number of rotatable bonds is 8. The molecule has 1 N–H and O–H groups in total. The summed E-state index contributed by atoms with van der Waals surface area (Å²) in [7, 11) is 2.81. The van der Waals surface area contributed by atoms with E-state index in [2.05, 4.69) is 0 Å². The van der Waals surface area contributed by atoms with Gasteiger partial charge in [-0.15, -0.1) is 0 Å². The number of aliphatic hydroxyl groups is 1. The number of aliphatic hydroxyl groups excluding tert-OH is 1. The Bertz CT molecular complexity index is 505. The quantitative estimate of drug-likeness (QED) is 0.559. The minimum absolute atomic E-state index is 0.0530. The first-order valence-electron chi connectivity index (χ1n) is 6.27. The second-order valence-corrected chi connectivity index (χ2v) is 4.12. The molecule has 1 aromatic carbocycles. The van der Waals surface area contributed by atoms with Crippen molar-refractivity contribution in [1.29, 1.82) is 0 Å². The molecule has 116 valence electrons. The van der Waals surface area contributed by atoms with E-state index in [9.17, 15) is 14.9 Å². The fourth-order valence-corrected chi connectivity index (χ4v) is 1.85. The number of ether oxygens (including phenoxy) is 2. The van der Waals surface area contributed by atoms with Crippen LogP contribution >= 0.6 is 0 Å². The molecule has 0 aliphatic rings. The van der Waals surface area contributed by atoms with Crippen molar-refractivity contribution >= 4 is 11.6 Å². The van der Waals surface area contributed by atoms with Crippen molar-refractivity contribution in [1.82, 2.24) is 4.90 Å². The predicted octanol–water partition coefficient (Wildman–Crippen LogP) is 0.684. The van der Waals surface area contributed by atoms with Crippen LogP contribution in [0.3, 0.4) is 0 Å². The van der Waals surface area contributed by atoms with E-state index in [1.807, 2.05) is 0 Å². The average molecular weight is 298 g/mol. The van der Waals surface area contributed by atoms with E-state index in [1.165, 1.54) is 37.3 Å². The monoisotopic (exact) mass is 298 g/mol. The van der Waals surface area contributed by atoms with Gasteiger partial charge in [0.25, 0.3) is 11.6 Å². The van der Waals surface area contributed by atoms with Crippen LogP contribution in [0.4, 0.5) is 5.69 Å². The van der Waals surface area contributed by atoms with Crippen LogP contribution in [0.25, 0.3) is 0 Å². The molecule has 0 heterocycles. The molecule has 1 rings (SSSR count). The average Bonchev–Trinajstić information content (AvgIpc) is 2.49. The maximum Gasteiger partial charge on any atom is 0.285 e. The summed E-state index contributed by atoms with van der Waals surface area (Å²) in [6.45, 7) is 0.273. The van der Waals surface area contributed by atoms with Crippen LogP contribution in [0.5, 0.6) is 5.75 Å². The minimum atomic E-state index is -0.636. The molecule has 0 atom stereocenters. The first-order valence-corrected chi connectivity index (χ1v) is 6.27. The van der Waals surface area contributed by atoms with Gasteiger partial charge in [-0.25, -0.2) is 0 Å². The molecule has 0 aromatic heterocycles. The Morgan fingerprint density at radius 2 is 2.10 bits per heavy atom. The third kappa shape index (κ3) is 4.14.